The molecule has 0 radical (unpaired) electrons. The van der Waals surface area contributed by atoms with Gasteiger partial charge in [-0.3, -0.25) is 9.52 Å². The quantitative estimate of drug-likeness (QED) is 0.436. The summed E-state index contributed by atoms with van der Waals surface area (Å²) >= 11 is 6.16. The lowest BCUT2D eigenvalue weighted by Gasteiger charge is -2.35. The summed E-state index contributed by atoms with van der Waals surface area (Å²) in [5, 5.41) is 17.6. The minimum atomic E-state index is -3.59. The molecule has 1 aromatic carbocycles. The Labute approximate surface area is 209 Å². The van der Waals surface area contributed by atoms with Gasteiger partial charge in [-0.25, -0.2) is 17.9 Å². The monoisotopic (exact) mass is 520 g/mol. The second-order valence-corrected chi connectivity index (χ2v) is 11.1. The third-order valence-corrected chi connectivity index (χ3v) is 6.75. The second kappa shape index (κ2) is 10.00. The molecule has 0 unspecified atom stereocenters. The van der Waals surface area contributed by atoms with Gasteiger partial charge in [0.25, 0.3) is 5.91 Å². The SMILES string of the molecule is Cc1cn2nc([C@H]3CCCCN3C(=O)c3cc(Cl)ccc3NS(C)(=O)=O)cc2nc1N[C@@H](C)CO. The summed E-state index contributed by atoms with van der Waals surface area (Å²) in [5.74, 6) is 0.348. The van der Waals surface area contributed by atoms with Gasteiger partial charge in [0.2, 0.25) is 10.0 Å². The van der Waals surface area contributed by atoms with Crippen LogP contribution in [0.3, 0.4) is 0 Å². The number of fused-ring (bicyclic) bond motifs is 1. The molecule has 12 heteroatoms. The molecule has 0 saturated carbocycles. The highest BCUT2D eigenvalue weighted by Gasteiger charge is 2.32. The fourth-order valence-corrected chi connectivity index (χ4v) is 4.99. The van der Waals surface area contributed by atoms with Crippen LogP contribution in [0.1, 0.15) is 53.8 Å². The third kappa shape index (κ3) is 5.68. The summed E-state index contributed by atoms with van der Waals surface area (Å²) in [7, 11) is -3.59. The molecule has 3 aromatic rings. The van der Waals surface area contributed by atoms with Gasteiger partial charge in [0.1, 0.15) is 5.82 Å². The summed E-state index contributed by atoms with van der Waals surface area (Å²) in [6.45, 7) is 4.26. The highest BCUT2D eigenvalue weighted by Crippen LogP contribution is 2.34. The Morgan fingerprint density at radius 1 is 1.31 bits per heavy atom. The average Bonchev–Trinajstić information content (AvgIpc) is 3.21. The Bertz CT molecular complexity index is 1360. The van der Waals surface area contributed by atoms with Gasteiger partial charge in [-0.2, -0.15) is 5.10 Å². The molecule has 10 nitrogen and oxygen atoms in total. The Kier molecular flexibility index (Phi) is 7.20. The van der Waals surface area contributed by atoms with Crippen LogP contribution in [0, 0.1) is 6.92 Å². The summed E-state index contributed by atoms with van der Waals surface area (Å²) in [6.07, 6.45) is 5.37. The first kappa shape index (κ1) is 25.2. The molecule has 3 N–H and O–H groups in total. The number of sulfonamides is 1. The van der Waals surface area contributed by atoms with E-state index in [-0.39, 0.29) is 35.8 Å². The van der Waals surface area contributed by atoms with Crippen molar-refractivity contribution in [2.75, 3.05) is 29.4 Å². The van der Waals surface area contributed by atoms with Crippen molar-refractivity contribution in [3.63, 3.8) is 0 Å². The number of nitrogens with one attached hydrogen (secondary N) is 2. The number of anilines is 2. The highest BCUT2D eigenvalue weighted by molar-refractivity contribution is 7.92. The topological polar surface area (TPSA) is 129 Å². The van der Waals surface area contributed by atoms with Gasteiger partial charge in [-0.15, -0.1) is 0 Å². The first-order valence-corrected chi connectivity index (χ1v) is 13.7. The van der Waals surface area contributed by atoms with Crippen LogP contribution in [0.5, 0.6) is 0 Å². The van der Waals surface area contributed by atoms with Crippen LogP contribution in [0.15, 0.2) is 30.5 Å². The number of rotatable bonds is 7. The smallest absolute Gasteiger partial charge is 0.256 e. The predicted molar refractivity (Wildman–Crippen MR) is 135 cm³/mol. The van der Waals surface area contributed by atoms with E-state index in [0.717, 1.165) is 31.1 Å². The maximum atomic E-state index is 13.7. The number of aliphatic hydroxyl groups excluding tert-OH is 1. The number of nitrogens with zero attached hydrogens (tertiary/aromatic N) is 4. The minimum Gasteiger partial charge on any atom is -0.394 e. The number of likely N-dealkylation sites (tertiary alicyclic amines) is 1. The van der Waals surface area contributed by atoms with Gasteiger partial charge in [0.15, 0.2) is 5.65 Å². The lowest BCUT2D eigenvalue weighted by Crippen LogP contribution is -2.39. The van der Waals surface area contributed by atoms with E-state index in [1.807, 2.05) is 26.1 Å². The Morgan fingerprint density at radius 3 is 2.80 bits per heavy atom. The second-order valence-electron chi connectivity index (χ2n) is 8.95. The number of aromatic nitrogens is 3. The van der Waals surface area contributed by atoms with Crippen LogP contribution < -0.4 is 10.0 Å². The van der Waals surface area contributed by atoms with Gasteiger partial charge in [0.05, 0.1) is 35.8 Å². The number of carbonyl (C=O) groups excluding carboxylic acids is 1. The fourth-order valence-electron chi connectivity index (χ4n) is 4.24. The van der Waals surface area contributed by atoms with Gasteiger partial charge < -0.3 is 15.3 Å². The summed E-state index contributed by atoms with van der Waals surface area (Å²) in [4.78, 5) is 20.0. The molecule has 1 saturated heterocycles. The first-order chi connectivity index (χ1) is 16.6. The standard InChI is InChI=1S/C23H29ClN6O4S/c1-14-12-30-21(26-22(14)25-15(2)13-31)11-19(27-30)20-6-4-5-9-29(20)23(32)17-10-16(24)7-8-18(17)28-35(3,33)34/h7-8,10-12,15,20,28,31H,4-6,9,13H2,1-3H3,(H,25,26)/t15-,20+/m0/s1. The lowest BCUT2D eigenvalue weighted by molar-refractivity contribution is 0.0607. The molecule has 1 aliphatic rings. The molecular weight excluding hydrogens is 492 g/mol. The number of hydrogen-bond acceptors (Lipinski definition) is 7. The molecule has 188 valence electrons. The molecule has 1 aliphatic heterocycles. The van der Waals surface area contributed by atoms with Crippen LogP contribution in [-0.4, -0.2) is 64.4 Å². The molecule has 35 heavy (non-hydrogen) atoms. The van der Waals surface area contributed by atoms with Gasteiger partial charge in [0, 0.05) is 35.4 Å². The van der Waals surface area contributed by atoms with Crippen LogP contribution in [0.4, 0.5) is 11.5 Å². The number of carbonyl (C=O) groups is 1. The van der Waals surface area contributed by atoms with E-state index in [1.165, 1.54) is 12.1 Å². The van der Waals surface area contributed by atoms with Gasteiger partial charge >= 0.3 is 0 Å². The normalized spacial score (nSPS) is 17.4. The maximum absolute atomic E-state index is 13.7. The fraction of sp³-hybridized carbons (Fsp3) is 0.435. The molecule has 4 rings (SSSR count). The van der Waals surface area contributed by atoms with Crippen molar-refractivity contribution in [1.29, 1.82) is 0 Å². The zero-order valence-electron chi connectivity index (χ0n) is 19.8. The van der Waals surface area contributed by atoms with Crippen molar-refractivity contribution in [2.45, 2.75) is 45.2 Å². The zero-order chi connectivity index (χ0) is 25.3. The van der Waals surface area contributed by atoms with Crippen LogP contribution in [-0.2, 0) is 10.0 Å². The zero-order valence-corrected chi connectivity index (χ0v) is 21.4. The number of aryl methyl sites for hydroxylation is 1. The van der Waals surface area contributed by atoms with E-state index in [1.54, 1.807) is 15.5 Å². The average molecular weight is 521 g/mol. The molecule has 3 heterocycles. The predicted octanol–water partition coefficient (Wildman–Crippen LogP) is 3.22. The van der Waals surface area contributed by atoms with Gasteiger partial charge in [-0.05, 0) is 51.3 Å². The summed E-state index contributed by atoms with van der Waals surface area (Å²) in [6, 6.07) is 5.94. The summed E-state index contributed by atoms with van der Waals surface area (Å²) < 4.78 is 27.8. The van der Waals surface area contributed by atoms with Crippen molar-refractivity contribution in [1.82, 2.24) is 19.5 Å². The van der Waals surface area contributed by atoms with Crippen molar-refractivity contribution in [3.05, 3.63) is 52.3 Å². The van der Waals surface area contributed by atoms with E-state index < -0.39 is 10.0 Å². The molecule has 1 fully saturated rings. The van der Waals surface area contributed by atoms with Crippen molar-refractivity contribution < 1.29 is 18.3 Å². The number of amides is 1. The van der Waals surface area contributed by atoms with Crippen LogP contribution in [0.2, 0.25) is 5.02 Å². The van der Waals surface area contributed by atoms with Crippen LogP contribution in [0.25, 0.3) is 5.65 Å². The lowest BCUT2D eigenvalue weighted by atomic mass is 9.98. The molecule has 2 aromatic heterocycles. The first-order valence-electron chi connectivity index (χ1n) is 11.4. The van der Waals surface area contributed by atoms with Gasteiger partial charge in [-0.1, -0.05) is 11.6 Å². The molecule has 2 atom stereocenters. The van der Waals surface area contributed by atoms with Crippen molar-refractivity contribution >= 4 is 44.7 Å². The largest absolute Gasteiger partial charge is 0.394 e. The van der Waals surface area contributed by atoms with Crippen LogP contribution >= 0.6 is 11.6 Å². The van der Waals surface area contributed by atoms with E-state index >= 15 is 0 Å². The Balaban J connectivity index is 1.69. The maximum Gasteiger partial charge on any atom is 0.256 e. The molecule has 0 spiro atoms. The Morgan fingerprint density at radius 2 is 2.09 bits per heavy atom. The van der Waals surface area contributed by atoms with E-state index in [9.17, 15) is 18.3 Å². The van der Waals surface area contributed by atoms with Crippen molar-refractivity contribution in [2.24, 2.45) is 0 Å². The molecular formula is C23H29ClN6O4S. The number of piperidine rings is 1. The third-order valence-electron chi connectivity index (χ3n) is 5.92. The molecule has 0 aliphatic carbocycles. The van der Waals surface area contributed by atoms with E-state index in [0.29, 0.717) is 28.7 Å². The molecule has 0 bridgehead atoms. The van der Waals surface area contributed by atoms with E-state index in [4.69, 9.17) is 16.7 Å². The number of benzene rings is 1. The number of hydrogen-bond donors (Lipinski definition) is 3. The highest BCUT2D eigenvalue weighted by atomic mass is 35.5. The number of aliphatic hydroxyl groups is 1. The number of halogens is 1. The molecule has 1 amide bonds. The Hall–Kier alpha value is -2.89. The minimum absolute atomic E-state index is 0.0182. The van der Waals surface area contributed by atoms with E-state index in [2.05, 4.69) is 15.0 Å². The summed E-state index contributed by atoms with van der Waals surface area (Å²) in [5.41, 5.74) is 2.58. The van der Waals surface area contributed by atoms with Crippen molar-refractivity contribution in [3.8, 4) is 0 Å².